The summed E-state index contributed by atoms with van der Waals surface area (Å²) in [6.07, 6.45) is 1.14. The predicted octanol–water partition coefficient (Wildman–Crippen LogP) is 1.96. The third-order valence-electron chi connectivity index (χ3n) is 3.29. The van der Waals surface area contributed by atoms with Crippen molar-refractivity contribution >= 4 is 0 Å². The molecule has 0 aliphatic carbocycles. The lowest BCUT2D eigenvalue weighted by atomic mass is 9.98. The van der Waals surface area contributed by atoms with Crippen LogP contribution in [0.15, 0.2) is 0 Å². The molecule has 2 unspecified atom stereocenters. The molecule has 0 spiro atoms. The molecule has 3 nitrogen and oxygen atoms in total. The van der Waals surface area contributed by atoms with Gasteiger partial charge in [-0.2, -0.15) is 0 Å². The third-order valence-corrected chi connectivity index (χ3v) is 3.29. The fraction of sp³-hybridized carbons (Fsp3) is 1.00. The lowest BCUT2D eigenvalue weighted by Crippen LogP contribution is -2.45. The second-order valence-electron chi connectivity index (χ2n) is 6.29. The summed E-state index contributed by atoms with van der Waals surface area (Å²) in [5.74, 6) is 1.98. The molecule has 0 aromatic carbocycles. The first-order valence-electron chi connectivity index (χ1n) is 7.04. The van der Waals surface area contributed by atoms with Gasteiger partial charge in [0.1, 0.15) is 0 Å². The number of nitrogens with two attached hydrogens (primary N) is 1. The van der Waals surface area contributed by atoms with Crippen LogP contribution in [0, 0.1) is 17.8 Å². The minimum absolute atomic E-state index is 0.273. The smallest absolute Gasteiger partial charge is 0.0510 e. The van der Waals surface area contributed by atoms with Gasteiger partial charge in [0.25, 0.3) is 0 Å². The summed E-state index contributed by atoms with van der Waals surface area (Å²) in [6, 6.07) is 0.273. The molecule has 0 radical (unpaired) electrons. The van der Waals surface area contributed by atoms with E-state index in [1.54, 1.807) is 0 Å². The zero-order chi connectivity index (χ0) is 12.8. The maximum Gasteiger partial charge on any atom is 0.0510 e. The van der Waals surface area contributed by atoms with Crippen molar-refractivity contribution in [1.29, 1.82) is 0 Å². The summed E-state index contributed by atoms with van der Waals surface area (Å²) in [4.78, 5) is 2.53. The minimum atomic E-state index is 0.273. The van der Waals surface area contributed by atoms with Gasteiger partial charge in [0.05, 0.1) is 6.61 Å². The zero-order valence-electron chi connectivity index (χ0n) is 12.0. The van der Waals surface area contributed by atoms with Crippen molar-refractivity contribution in [2.45, 2.75) is 40.2 Å². The molecule has 3 heteroatoms. The van der Waals surface area contributed by atoms with Crippen molar-refractivity contribution in [3.63, 3.8) is 0 Å². The van der Waals surface area contributed by atoms with Crippen molar-refractivity contribution in [1.82, 2.24) is 4.90 Å². The molecule has 1 aliphatic heterocycles. The summed E-state index contributed by atoms with van der Waals surface area (Å²) in [5.41, 5.74) is 6.31. The summed E-state index contributed by atoms with van der Waals surface area (Å²) in [5, 5.41) is 0. The number of hydrogen-bond acceptors (Lipinski definition) is 3. The molecule has 1 saturated heterocycles. The second-order valence-corrected chi connectivity index (χ2v) is 6.29. The van der Waals surface area contributed by atoms with E-state index in [0.717, 1.165) is 39.3 Å². The van der Waals surface area contributed by atoms with E-state index in [0.29, 0.717) is 17.8 Å². The zero-order valence-corrected chi connectivity index (χ0v) is 12.0. The molecule has 1 fully saturated rings. The Morgan fingerprint density at radius 2 is 1.71 bits per heavy atom. The molecule has 17 heavy (non-hydrogen) atoms. The first kappa shape index (κ1) is 14.9. The van der Waals surface area contributed by atoms with Gasteiger partial charge in [0.15, 0.2) is 0 Å². The van der Waals surface area contributed by atoms with Crippen molar-refractivity contribution < 1.29 is 4.74 Å². The van der Waals surface area contributed by atoms with E-state index < -0.39 is 0 Å². The lowest BCUT2D eigenvalue weighted by Gasteiger charge is -2.30. The Morgan fingerprint density at radius 3 is 2.12 bits per heavy atom. The molecule has 102 valence electrons. The molecule has 0 bridgehead atoms. The van der Waals surface area contributed by atoms with Crippen LogP contribution in [-0.4, -0.2) is 43.8 Å². The van der Waals surface area contributed by atoms with Crippen molar-refractivity contribution in [3.8, 4) is 0 Å². The lowest BCUT2D eigenvalue weighted by molar-refractivity contribution is 0.160. The van der Waals surface area contributed by atoms with Gasteiger partial charge in [-0.15, -0.1) is 0 Å². The largest absolute Gasteiger partial charge is 0.381 e. The highest BCUT2D eigenvalue weighted by Crippen LogP contribution is 2.17. The number of nitrogens with zero attached hydrogens (tertiary/aromatic N) is 1. The SMILES string of the molecule is CC(C)CN(CC(C)C)CC(N)C1CCOC1. The quantitative estimate of drug-likeness (QED) is 0.742. The average molecular weight is 242 g/mol. The van der Waals surface area contributed by atoms with Crippen molar-refractivity contribution in [2.24, 2.45) is 23.5 Å². The van der Waals surface area contributed by atoms with Crippen LogP contribution in [0.1, 0.15) is 34.1 Å². The highest BCUT2D eigenvalue weighted by molar-refractivity contribution is 4.80. The number of rotatable bonds is 7. The van der Waals surface area contributed by atoms with E-state index in [9.17, 15) is 0 Å². The summed E-state index contributed by atoms with van der Waals surface area (Å²) in [7, 11) is 0. The van der Waals surface area contributed by atoms with Crippen LogP contribution in [0.5, 0.6) is 0 Å². The predicted molar refractivity (Wildman–Crippen MR) is 73.0 cm³/mol. The third kappa shape index (κ3) is 5.84. The van der Waals surface area contributed by atoms with Gasteiger partial charge in [-0.1, -0.05) is 27.7 Å². The second kappa shape index (κ2) is 7.34. The van der Waals surface area contributed by atoms with Gasteiger partial charge in [0, 0.05) is 38.2 Å². The van der Waals surface area contributed by atoms with Gasteiger partial charge >= 0.3 is 0 Å². The highest BCUT2D eigenvalue weighted by Gasteiger charge is 2.24. The summed E-state index contributed by atoms with van der Waals surface area (Å²) >= 11 is 0. The van der Waals surface area contributed by atoms with E-state index in [4.69, 9.17) is 10.5 Å². The average Bonchev–Trinajstić information content (AvgIpc) is 2.67. The fourth-order valence-corrected chi connectivity index (χ4v) is 2.59. The number of hydrogen-bond donors (Lipinski definition) is 1. The molecule has 0 aromatic heterocycles. The van der Waals surface area contributed by atoms with Gasteiger partial charge in [-0.3, -0.25) is 0 Å². The molecular formula is C14H30N2O. The van der Waals surface area contributed by atoms with Crippen LogP contribution in [0.2, 0.25) is 0 Å². The maximum atomic E-state index is 6.31. The van der Waals surface area contributed by atoms with Crippen molar-refractivity contribution in [3.05, 3.63) is 0 Å². The maximum absolute atomic E-state index is 6.31. The molecule has 0 saturated carbocycles. The van der Waals surface area contributed by atoms with Gasteiger partial charge in [-0.25, -0.2) is 0 Å². The van der Waals surface area contributed by atoms with E-state index in [1.807, 2.05) is 0 Å². The Kier molecular flexibility index (Phi) is 6.45. The molecule has 2 atom stereocenters. The van der Waals surface area contributed by atoms with Crippen LogP contribution in [0.3, 0.4) is 0 Å². The topological polar surface area (TPSA) is 38.5 Å². The van der Waals surface area contributed by atoms with Crippen LogP contribution in [0.4, 0.5) is 0 Å². The van der Waals surface area contributed by atoms with Crippen LogP contribution < -0.4 is 5.73 Å². The minimum Gasteiger partial charge on any atom is -0.381 e. The first-order valence-corrected chi connectivity index (χ1v) is 7.04. The Bertz CT molecular complexity index is 190. The number of ether oxygens (including phenoxy) is 1. The fourth-order valence-electron chi connectivity index (χ4n) is 2.59. The normalized spacial score (nSPS) is 22.9. The molecule has 0 amide bonds. The summed E-state index contributed by atoms with van der Waals surface area (Å²) < 4.78 is 5.42. The Hall–Kier alpha value is -0.120. The van der Waals surface area contributed by atoms with Gasteiger partial charge in [-0.05, 0) is 18.3 Å². The molecule has 1 heterocycles. The Morgan fingerprint density at radius 1 is 1.12 bits per heavy atom. The van der Waals surface area contributed by atoms with Crippen molar-refractivity contribution in [2.75, 3.05) is 32.8 Å². The monoisotopic (exact) mass is 242 g/mol. The standard InChI is InChI=1S/C14H30N2O/c1-11(2)7-16(8-12(3)4)9-14(15)13-5-6-17-10-13/h11-14H,5-10,15H2,1-4H3. The van der Waals surface area contributed by atoms with Crippen LogP contribution in [0.25, 0.3) is 0 Å². The van der Waals surface area contributed by atoms with E-state index in [1.165, 1.54) is 0 Å². The molecule has 0 aromatic rings. The molecule has 2 N–H and O–H groups in total. The van der Waals surface area contributed by atoms with Gasteiger partial charge in [0.2, 0.25) is 0 Å². The molecule has 1 aliphatic rings. The van der Waals surface area contributed by atoms with E-state index in [-0.39, 0.29) is 6.04 Å². The highest BCUT2D eigenvalue weighted by atomic mass is 16.5. The first-order chi connectivity index (χ1) is 7.99. The summed E-state index contributed by atoms with van der Waals surface area (Å²) in [6.45, 7) is 14.2. The van der Waals surface area contributed by atoms with E-state index >= 15 is 0 Å². The van der Waals surface area contributed by atoms with Crippen LogP contribution in [-0.2, 0) is 4.74 Å². The molecular weight excluding hydrogens is 212 g/mol. The molecule has 1 rings (SSSR count). The van der Waals surface area contributed by atoms with E-state index in [2.05, 4.69) is 32.6 Å². The Balaban J connectivity index is 2.40. The van der Waals surface area contributed by atoms with Crippen LogP contribution >= 0.6 is 0 Å². The van der Waals surface area contributed by atoms with Gasteiger partial charge < -0.3 is 15.4 Å². The Labute approximate surface area is 107 Å².